The number of aromatic nitrogens is 2. The second-order valence-electron chi connectivity index (χ2n) is 5.92. The lowest BCUT2D eigenvalue weighted by atomic mass is 9.73. The van der Waals surface area contributed by atoms with Crippen LogP contribution in [0.1, 0.15) is 44.3 Å². The molecule has 18 heavy (non-hydrogen) atoms. The summed E-state index contributed by atoms with van der Waals surface area (Å²) in [6, 6.07) is 2.38. The van der Waals surface area contributed by atoms with Gasteiger partial charge in [-0.15, -0.1) is 0 Å². The zero-order valence-corrected chi connectivity index (χ0v) is 11.4. The molecule has 3 atom stereocenters. The van der Waals surface area contributed by atoms with Gasteiger partial charge in [0.25, 0.3) is 0 Å². The number of hydrogen-bond acceptors (Lipinski definition) is 3. The molecule has 100 valence electrons. The molecular weight excluding hydrogens is 226 g/mol. The Morgan fingerprint density at radius 1 is 1.56 bits per heavy atom. The molecular formula is C14H23N3O. The third-order valence-electron chi connectivity index (χ3n) is 4.39. The zero-order chi connectivity index (χ0) is 12.6. The summed E-state index contributed by atoms with van der Waals surface area (Å²) in [4.78, 5) is 0. The van der Waals surface area contributed by atoms with Crippen molar-refractivity contribution in [1.29, 1.82) is 0 Å². The third-order valence-corrected chi connectivity index (χ3v) is 4.39. The Balaban J connectivity index is 1.89. The van der Waals surface area contributed by atoms with Gasteiger partial charge in [0.2, 0.25) is 0 Å². The molecule has 0 amide bonds. The Hall–Kier alpha value is -0.870. The van der Waals surface area contributed by atoms with Gasteiger partial charge >= 0.3 is 0 Å². The quantitative estimate of drug-likeness (QED) is 0.827. The highest BCUT2D eigenvalue weighted by molar-refractivity contribution is 5.14. The molecule has 4 nitrogen and oxygen atoms in total. The van der Waals surface area contributed by atoms with E-state index in [4.69, 9.17) is 4.74 Å². The van der Waals surface area contributed by atoms with E-state index in [2.05, 4.69) is 23.4 Å². The smallest absolute Gasteiger partial charge is 0.0895 e. The fourth-order valence-corrected chi connectivity index (χ4v) is 3.62. The molecule has 0 bridgehead atoms. The standard InChI is InChI=1S/C14H23N3O/c1-11-4-3-6-14(10-11)13(15-7-9-18-14)12-5-8-17(2)16-12/h5,8,11,13,15H,3-4,6-7,9-10H2,1-2H3. The summed E-state index contributed by atoms with van der Waals surface area (Å²) < 4.78 is 8.12. The lowest BCUT2D eigenvalue weighted by Gasteiger charge is -2.47. The van der Waals surface area contributed by atoms with Crippen molar-refractivity contribution in [1.82, 2.24) is 15.1 Å². The predicted molar refractivity (Wildman–Crippen MR) is 70.3 cm³/mol. The van der Waals surface area contributed by atoms with Gasteiger partial charge in [0, 0.05) is 19.8 Å². The number of ether oxygens (including phenoxy) is 1. The number of nitrogens with one attached hydrogen (secondary N) is 1. The lowest BCUT2D eigenvalue weighted by Crippen LogP contribution is -2.54. The average Bonchev–Trinajstić information content (AvgIpc) is 2.76. The van der Waals surface area contributed by atoms with Gasteiger partial charge in [-0.1, -0.05) is 19.8 Å². The summed E-state index contributed by atoms with van der Waals surface area (Å²) in [5.74, 6) is 0.755. The fraction of sp³-hybridized carbons (Fsp3) is 0.786. The molecule has 2 fully saturated rings. The van der Waals surface area contributed by atoms with Gasteiger partial charge in [-0.3, -0.25) is 4.68 Å². The SMILES string of the molecule is CC1CCCC2(C1)OCCNC2c1ccn(C)n1. The number of nitrogens with zero attached hydrogens (tertiary/aromatic N) is 2. The minimum absolute atomic E-state index is 0.0235. The van der Waals surface area contributed by atoms with Crippen molar-refractivity contribution in [3.8, 4) is 0 Å². The normalized spacial score (nSPS) is 37.0. The van der Waals surface area contributed by atoms with E-state index >= 15 is 0 Å². The van der Waals surface area contributed by atoms with Crippen LogP contribution in [0.25, 0.3) is 0 Å². The van der Waals surface area contributed by atoms with Gasteiger partial charge in [0.15, 0.2) is 0 Å². The van der Waals surface area contributed by atoms with Crippen molar-refractivity contribution in [3.63, 3.8) is 0 Å². The largest absolute Gasteiger partial charge is 0.372 e. The van der Waals surface area contributed by atoms with E-state index in [1.165, 1.54) is 12.8 Å². The van der Waals surface area contributed by atoms with Crippen LogP contribution in [0.4, 0.5) is 0 Å². The maximum atomic E-state index is 6.24. The first-order valence-electron chi connectivity index (χ1n) is 7.06. The highest BCUT2D eigenvalue weighted by Gasteiger charge is 2.46. The van der Waals surface area contributed by atoms with Crippen molar-refractivity contribution in [3.05, 3.63) is 18.0 Å². The van der Waals surface area contributed by atoms with Crippen molar-refractivity contribution in [2.24, 2.45) is 13.0 Å². The highest BCUT2D eigenvalue weighted by atomic mass is 16.5. The minimum atomic E-state index is -0.0235. The first-order chi connectivity index (χ1) is 8.70. The number of morpholine rings is 1. The number of aryl methyl sites for hydroxylation is 1. The predicted octanol–water partition coefficient (Wildman–Crippen LogP) is 2.03. The Morgan fingerprint density at radius 3 is 3.17 bits per heavy atom. The molecule has 3 rings (SSSR count). The molecule has 1 spiro atoms. The van der Waals surface area contributed by atoms with Crippen LogP contribution in [-0.2, 0) is 11.8 Å². The molecule has 1 aliphatic carbocycles. The van der Waals surface area contributed by atoms with Crippen LogP contribution in [0.2, 0.25) is 0 Å². The maximum Gasteiger partial charge on any atom is 0.0895 e. The van der Waals surface area contributed by atoms with Crippen LogP contribution >= 0.6 is 0 Å². The van der Waals surface area contributed by atoms with Gasteiger partial charge in [0.1, 0.15) is 0 Å². The Bertz CT molecular complexity index is 413. The molecule has 2 aliphatic rings. The van der Waals surface area contributed by atoms with E-state index in [1.807, 2.05) is 17.9 Å². The first-order valence-corrected chi connectivity index (χ1v) is 7.06. The monoisotopic (exact) mass is 249 g/mol. The summed E-state index contributed by atoms with van der Waals surface area (Å²) in [5, 5.41) is 8.21. The molecule has 1 saturated carbocycles. The molecule has 0 aromatic carbocycles. The van der Waals surface area contributed by atoms with Crippen molar-refractivity contribution < 1.29 is 4.74 Å². The molecule has 0 radical (unpaired) electrons. The Labute approximate surface area is 109 Å². The van der Waals surface area contributed by atoms with Crippen LogP contribution in [-0.4, -0.2) is 28.5 Å². The molecule has 1 aromatic rings. The van der Waals surface area contributed by atoms with E-state index in [9.17, 15) is 0 Å². The summed E-state index contributed by atoms with van der Waals surface area (Å²) in [6.45, 7) is 4.10. The third kappa shape index (κ3) is 2.08. The van der Waals surface area contributed by atoms with Gasteiger partial charge in [-0.2, -0.15) is 5.10 Å². The lowest BCUT2D eigenvalue weighted by molar-refractivity contribution is -0.129. The van der Waals surface area contributed by atoms with Crippen LogP contribution in [0.15, 0.2) is 12.3 Å². The van der Waals surface area contributed by atoms with Gasteiger partial charge < -0.3 is 10.1 Å². The van der Waals surface area contributed by atoms with E-state index in [0.717, 1.165) is 37.6 Å². The summed E-state index contributed by atoms with van der Waals surface area (Å²) in [7, 11) is 1.98. The van der Waals surface area contributed by atoms with Crippen LogP contribution in [0, 0.1) is 5.92 Å². The second-order valence-corrected chi connectivity index (χ2v) is 5.92. The van der Waals surface area contributed by atoms with Gasteiger partial charge in [0.05, 0.1) is 23.9 Å². The van der Waals surface area contributed by atoms with Crippen LogP contribution in [0.5, 0.6) is 0 Å². The molecule has 1 aromatic heterocycles. The maximum absolute atomic E-state index is 6.24. The van der Waals surface area contributed by atoms with E-state index in [1.54, 1.807) is 0 Å². The molecule has 1 saturated heterocycles. The van der Waals surface area contributed by atoms with E-state index in [0.29, 0.717) is 0 Å². The minimum Gasteiger partial charge on any atom is -0.372 e. The number of hydrogen-bond donors (Lipinski definition) is 1. The second kappa shape index (κ2) is 4.67. The topological polar surface area (TPSA) is 39.1 Å². The molecule has 2 heterocycles. The van der Waals surface area contributed by atoms with Crippen molar-refractivity contribution in [2.45, 2.75) is 44.2 Å². The number of rotatable bonds is 1. The summed E-state index contributed by atoms with van der Waals surface area (Å²) >= 11 is 0. The Kier molecular flexibility index (Phi) is 3.16. The van der Waals surface area contributed by atoms with Crippen molar-refractivity contribution >= 4 is 0 Å². The highest BCUT2D eigenvalue weighted by Crippen LogP contribution is 2.44. The van der Waals surface area contributed by atoms with Crippen molar-refractivity contribution in [2.75, 3.05) is 13.2 Å². The van der Waals surface area contributed by atoms with E-state index < -0.39 is 0 Å². The van der Waals surface area contributed by atoms with Gasteiger partial charge in [-0.05, 0) is 24.8 Å². The first kappa shape index (κ1) is 12.2. The molecule has 1 aliphatic heterocycles. The Morgan fingerprint density at radius 2 is 2.44 bits per heavy atom. The van der Waals surface area contributed by atoms with Crippen LogP contribution in [0.3, 0.4) is 0 Å². The van der Waals surface area contributed by atoms with Crippen LogP contribution < -0.4 is 5.32 Å². The van der Waals surface area contributed by atoms with Gasteiger partial charge in [-0.25, -0.2) is 0 Å². The molecule has 3 unspecified atom stereocenters. The average molecular weight is 249 g/mol. The molecule has 1 N–H and O–H groups in total. The fourth-order valence-electron chi connectivity index (χ4n) is 3.62. The van der Waals surface area contributed by atoms with E-state index in [-0.39, 0.29) is 11.6 Å². The summed E-state index contributed by atoms with van der Waals surface area (Å²) in [5.41, 5.74) is 1.11. The summed E-state index contributed by atoms with van der Waals surface area (Å²) in [6.07, 6.45) is 6.94. The molecule has 4 heteroatoms. The zero-order valence-electron chi connectivity index (χ0n) is 11.4.